The van der Waals surface area contributed by atoms with Crippen LogP contribution >= 0.6 is 11.3 Å². The molecule has 1 atom stereocenters. The highest BCUT2D eigenvalue weighted by Crippen LogP contribution is 2.36. The van der Waals surface area contributed by atoms with E-state index >= 15 is 0 Å². The Balaban J connectivity index is 1.58. The molecule has 0 radical (unpaired) electrons. The van der Waals surface area contributed by atoms with E-state index in [1.54, 1.807) is 68.5 Å². The van der Waals surface area contributed by atoms with Gasteiger partial charge in [0.15, 0.2) is 16.3 Å². The van der Waals surface area contributed by atoms with Crippen molar-refractivity contribution < 1.29 is 28.1 Å². The number of rotatable bonds is 11. The van der Waals surface area contributed by atoms with Gasteiger partial charge in [0.25, 0.3) is 5.56 Å². The van der Waals surface area contributed by atoms with E-state index in [0.29, 0.717) is 56.6 Å². The van der Waals surface area contributed by atoms with Crippen LogP contribution in [0, 0.1) is 5.82 Å². The number of halogens is 1. The molecule has 0 bridgehead atoms. The van der Waals surface area contributed by atoms with Crippen molar-refractivity contribution in [1.29, 1.82) is 0 Å². The molecule has 1 aliphatic rings. The Morgan fingerprint density at radius 1 is 0.955 bits per heavy atom. The highest BCUT2D eigenvalue weighted by atomic mass is 32.1. The summed E-state index contributed by atoms with van der Waals surface area (Å²) in [4.78, 5) is 32.4. The summed E-state index contributed by atoms with van der Waals surface area (Å²) < 4.78 is 38.8. The van der Waals surface area contributed by atoms with E-state index < -0.39 is 12.0 Å². The smallest absolute Gasteiger partial charge is 0.338 e. The van der Waals surface area contributed by atoms with Gasteiger partial charge >= 0.3 is 5.97 Å². The number of nitrogens with zero attached hydrogens (tertiary/aromatic N) is 2. The first kappa shape index (κ1) is 30.7. The van der Waals surface area contributed by atoms with Crippen molar-refractivity contribution in [1.82, 2.24) is 4.57 Å². The van der Waals surface area contributed by atoms with Crippen LogP contribution in [0.3, 0.4) is 0 Å². The Kier molecular flexibility index (Phi) is 9.59. The molecule has 5 rings (SSSR count). The van der Waals surface area contributed by atoms with Gasteiger partial charge in [-0.1, -0.05) is 47.7 Å². The van der Waals surface area contributed by atoms with Crippen LogP contribution < -0.4 is 29.1 Å². The molecule has 0 aliphatic carbocycles. The van der Waals surface area contributed by atoms with Gasteiger partial charge in [0.2, 0.25) is 0 Å². The lowest BCUT2D eigenvalue weighted by atomic mass is 9.95. The molecule has 1 aromatic heterocycles. The Morgan fingerprint density at radius 2 is 1.73 bits per heavy atom. The largest absolute Gasteiger partial charge is 0.490 e. The van der Waals surface area contributed by atoms with E-state index in [1.807, 2.05) is 26.0 Å². The zero-order valence-corrected chi connectivity index (χ0v) is 25.8. The quantitative estimate of drug-likeness (QED) is 0.212. The lowest BCUT2D eigenvalue weighted by Crippen LogP contribution is -2.40. The van der Waals surface area contributed by atoms with Crippen molar-refractivity contribution in [3.8, 4) is 17.2 Å². The van der Waals surface area contributed by atoms with Crippen LogP contribution in [0.4, 0.5) is 4.39 Å². The zero-order valence-electron chi connectivity index (χ0n) is 25.0. The fourth-order valence-corrected chi connectivity index (χ4v) is 6.01. The molecular formula is C34H33FN2O6S. The number of hydrogen-bond donors (Lipinski definition) is 0. The summed E-state index contributed by atoms with van der Waals surface area (Å²) in [6.45, 7) is 8.35. The molecule has 0 saturated heterocycles. The second-order valence-corrected chi connectivity index (χ2v) is 10.8. The topological polar surface area (TPSA) is 88.4 Å². The van der Waals surface area contributed by atoms with Crippen molar-refractivity contribution in [2.24, 2.45) is 4.99 Å². The average molecular weight is 617 g/mol. The number of allylic oxidation sites excluding steroid dienone is 1. The first-order valence-electron chi connectivity index (χ1n) is 14.4. The number of carbonyl (C=O) groups excluding carboxylic acids is 1. The minimum Gasteiger partial charge on any atom is -0.490 e. The van der Waals surface area contributed by atoms with E-state index in [2.05, 4.69) is 4.99 Å². The van der Waals surface area contributed by atoms with Crippen LogP contribution in [0.5, 0.6) is 17.2 Å². The van der Waals surface area contributed by atoms with Crippen LogP contribution in [-0.2, 0) is 16.1 Å². The number of carbonyl (C=O) groups is 1. The standard InChI is InChI=1S/C34H33FN2O6S/c1-5-40-27-16-15-23(19-28(27)41-6-2)31-30(33(39)42-7-3)21(4)36-34-37(31)32(38)29(44-34)18-22-11-10-13-25(17-22)43-20-24-12-8-9-14-26(24)35/h8-19,31H,5-7,20H2,1-4H3/b29-18-. The Bertz CT molecular complexity index is 1890. The average Bonchev–Trinajstić information content (AvgIpc) is 3.31. The first-order chi connectivity index (χ1) is 21.3. The summed E-state index contributed by atoms with van der Waals surface area (Å²) in [6, 6.07) is 18.3. The molecule has 10 heteroatoms. The lowest BCUT2D eigenvalue weighted by Gasteiger charge is -2.25. The monoisotopic (exact) mass is 616 g/mol. The maximum absolute atomic E-state index is 14.1. The van der Waals surface area contributed by atoms with Crippen LogP contribution in [0.2, 0.25) is 0 Å². The van der Waals surface area contributed by atoms with Crippen molar-refractivity contribution in [2.75, 3.05) is 19.8 Å². The summed E-state index contributed by atoms with van der Waals surface area (Å²) >= 11 is 1.23. The van der Waals surface area contributed by atoms with Crippen molar-refractivity contribution in [3.05, 3.63) is 120 Å². The molecule has 0 N–H and O–H groups in total. The predicted octanol–water partition coefficient (Wildman–Crippen LogP) is 5.31. The molecule has 0 spiro atoms. The highest BCUT2D eigenvalue weighted by Gasteiger charge is 2.34. The van der Waals surface area contributed by atoms with Crippen LogP contribution in [0.1, 0.15) is 50.4 Å². The van der Waals surface area contributed by atoms with Crippen LogP contribution in [0.25, 0.3) is 6.08 Å². The van der Waals surface area contributed by atoms with Gasteiger partial charge in [0.1, 0.15) is 18.2 Å². The van der Waals surface area contributed by atoms with Crippen LogP contribution in [0.15, 0.2) is 87.8 Å². The number of hydrogen-bond acceptors (Lipinski definition) is 8. The zero-order chi connectivity index (χ0) is 31.2. The van der Waals surface area contributed by atoms with Crippen molar-refractivity contribution >= 4 is 23.4 Å². The summed E-state index contributed by atoms with van der Waals surface area (Å²) in [5.41, 5.74) is 2.26. The summed E-state index contributed by atoms with van der Waals surface area (Å²) in [6.07, 6.45) is 1.75. The van der Waals surface area contributed by atoms with E-state index in [1.165, 1.54) is 22.0 Å². The van der Waals surface area contributed by atoms with Crippen molar-refractivity contribution in [3.63, 3.8) is 0 Å². The fraction of sp³-hybridized carbons (Fsp3) is 0.265. The Morgan fingerprint density at radius 3 is 2.48 bits per heavy atom. The second kappa shape index (κ2) is 13.7. The van der Waals surface area contributed by atoms with Gasteiger partial charge in [-0.25, -0.2) is 14.2 Å². The Hall–Kier alpha value is -4.70. The molecule has 4 aromatic rings. The minimum absolute atomic E-state index is 0.0695. The third kappa shape index (κ3) is 6.45. The number of benzene rings is 3. The maximum Gasteiger partial charge on any atom is 0.338 e. The second-order valence-electron chi connectivity index (χ2n) is 9.83. The molecule has 0 amide bonds. The summed E-state index contributed by atoms with van der Waals surface area (Å²) in [7, 11) is 0. The van der Waals surface area contributed by atoms with Gasteiger partial charge in [0.05, 0.1) is 41.7 Å². The molecule has 228 valence electrons. The summed E-state index contributed by atoms with van der Waals surface area (Å²) in [5, 5.41) is 0. The molecule has 3 aromatic carbocycles. The molecule has 8 nitrogen and oxygen atoms in total. The third-order valence-corrected chi connectivity index (χ3v) is 7.89. The van der Waals surface area contributed by atoms with E-state index in [9.17, 15) is 14.0 Å². The van der Waals surface area contributed by atoms with E-state index in [4.69, 9.17) is 18.9 Å². The molecule has 0 saturated carbocycles. The van der Waals surface area contributed by atoms with Gasteiger partial charge in [-0.15, -0.1) is 0 Å². The molecular weight excluding hydrogens is 583 g/mol. The highest BCUT2D eigenvalue weighted by molar-refractivity contribution is 7.07. The predicted molar refractivity (Wildman–Crippen MR) is 166 cm³/mol. The SMILES string of the molecule is CCOC(=O)C1=C(C)N=c2s/c(=C\c3cccc(OCc4ccccc4F)c3)c(=O)n2C1c1ccc(OCC)c(OCC)c1. The fourth-order valence-electron chi connectivity index (χ4n) is 4.97. The molecule has 44 heavy (non-hydrogen) atoms. The third-order valence-electron chi connectivity index (χ3n) is 6.91. The summed E-state index contributed by atoms with van der Waals surface area (Å²) in [5.74, 6) is 0.739. The first-order valence-corrected chi connectivity index (χ1v) is 15.2. The number of ether oxygens (including phenoxy) is 4. The van der Waals surface area contributed by atoms with Gasteiger partial charge in [-0.2, -0.15) is 0 Å². The van der Waals surface area contributed by atoms with Gasteiger partial charge in [-0.3, -0.25) is 9.36 Å². The van der Waals surface area contributed by atoms with Gasteiger partial charge in [-0.05, 0) is 75.2 Å². The molecule has 2 heterocycles. The Labute approximate surface area is 258 Å². The van der Waals surface area contributed by atoms with E-state index in [-0.39, 0.29) is 30.2 Å². The number of esters is 1. The normalized spacial score (nSPS) is 14.6. The minimum atomic E-state index is -0.794. The molecule has 1 aliphatic heterocycles. The van der Waals surface area contributed by atoms with Gasteiger partial charge < -0.3 is 18.9 Å². The maximum atomic E-state index is 14.1. The lowest BCUT2D eigenvalue weighted by molar-refractivity contribution is -0.139. The van der Waals surface area contributed by atoms with Gasteiger partial charge in [0, 0.05) is 5.56 Å². The number of thiazole rings is 1. The molecule has 0 fully saturated rings. The van der Waals surface area contributed by atoms with E-state index in [0.717, 1.165) is 5.56 Å². The number of aromatic nitrogens is 1. The molecule has 1 unspecified atom stereocenters. The van der Waals surface area contributed by atoms with Crippen LogP contribution in [-0.4, -0.2) is 30.4 Å². The number of fused-ring (bicyclic) bond motifs is 1. The van der Waals surface area contributed by atoms with Crippen molar-refractivity contribution in [2.45, 2.75) is 40.3 Å².